The van der Waals surface area contributed by atoms with Crippen LogP contribution in [-0.4, -0.2) is 18.1 Å². The van der Waals surface area contributed by atoms with Gasteiger partial charge in [-0.3, -0.25) is 4.79 Å². The Morgan fingerprint density at radius 2 is 1.94 bits per heavy atom. The van der Waals surface area contributed by atoms with Crippen LogP contribution in [0.1, 0.15) is 33.3 Å². The van der Waals surface area contributed by atoms with Crippen LogP contribution in [0.4, 0.5) is 5.69 Å². The van der Waals surface area contributed by atoms with Crippen LogP contribution in [0.2, 0.25) is 0 Å². The number of anilines is 1. The van der Waals surface area contributed by atoms with Gasteiger partial charge >= 0.3 is 0 Å². The van der Waals surface area contributed by atoms with Crippen LogP contribution in [-0.2, 0) is 10.2 Å². The molecule has 4 nitrogen and oxygen atoms in total. The quantitative estimate of drug-likeness (QED) is 0.777. The van der Waals surface area contributed by atoms with Gasteiger partial charge in [-0.2, -0.15) is 0 Å². The maximum Gasteiger partial charge on any atom is 0.221 e. The van der Waals surface area contributed by atoms with E-state index >= 15 is 0 Å². The number of methoxy groups -OCH3 is 1. The van der Waals surface area contributed by atoms with Crippen LogP contribution < -0.4 is 10.1 Å². The second kappa shape index (κ2) is 4.65. The lowest BCUT2D eigenvalue weighted by Crippen LogP contribution is -2.14. The molecular weight excluding hydrogens is 218 g/mol. The average Bonchev–Trinajstić information content (AvgIpc) is 2.18. The highest BCUT2D eigenvalue weighted by Crippen LogP contribution is 2.39. The Balaban J connectivity index is 3.36. The van der Waals surface area contributed by atoms with E-state index in [0.29, 0.717) is 11.4 Å². The van der Waals surface area contributed by atoms with E-state index in [-0.39, 0.29) is 17.1 Å². The summed E-state index contributed by atoms with van der Waals surface area (Å²) in [6.07, 6.45) is 0. The first-order valence-corrected chi connectivity index (χ1v) is 5.44. The van der Waals surface area contributed by atoms with Gasteiger partial charge in [0.25, 0.3) is 0 Å². The van der Waals surface area contributed by atoms with E-state index in [1.165, 1.54) is 6.92 Å². The predicted octanol–water partition coefficient (Wildman–Crippen LogP) is 2.66. The van der Waals surface area contributed by atoms with Gasteiger partial charge in [0.1, 0.15) is 11.5 Å². The molecule has 4 heteroatoms. The van der Waals surface area contributed by atoms with Gasteiger partial charge in [-0.25, -0.2) is 0 Å². The Bertz CT molecular complexity index is 433. The number of carbonyl (C=O) groups excluding carboxylic acids is 1. The minimum Gasteiger partial charge on any atom is -0.505 e. The number of nitrogens with one attached hydrogen (secondary N) is 1. The van der Waals surface area contributed by atoms with Crippen LogP contribution in [0.5, 0.6) is 11.5 Å². The smallest absolute Gasteiger partial charge is 0.221 e. The van der Waals surface area contributed by atoms with Crippen LogP contribution in [0.3, 0.4) is 0 Å². The van der Waals surface area contributed by atoms with Crippen molar-refractivity contribution in [2.75, 3.05) is 12.4 Å². The largest absolute Gasteiger partial charge is 0.505 e. The Kier molecular flexibility index (Phi) is 3.66. The molecule has 0 heterocycles. The highest BCUT2D eigenvalue weighted by molar-refractivity contribution is 5.91. The van der Waals surface area contributed by atoms with Crippen molar-refractivity contribution >= 4 is 11.6 Å². The Hall–Kier alpha value is -1.71. The zero-order valence-corrected chi connectivity index (χ0v) is 10.9. The third-order valence-electron chi connectivity index (χ3n) is 2.44. The van der Waals surface area contributed by atoms with Crippen LogP contribution in [0, 0.1) is 0 Å². The number of aromatic hydroxyl groups is 1. The summed E-state index contributed by atoms with van der Waals surface area (Å²) in [4.78, 5) is 11.1. The fraction of sp³-hybridized carbons (Fsp3) is 0.462. The first kappa shape index (κ1) is 13.4. The van der Waals surface area contributed by atoms with Crippen LogP contribution >= 0.6 is 0 Å². The van der Waals surface area contributed by atoms with Gasteiger partial charge in [0.15, 0.2) is 0 Å². The van der Waals surface area contributed by atoms with E-state index in [9.17, 15) is 9.90 Å². The summed E-state index contributed by atoms with van der Waals surface area (Å²) < 4.78 is 5.16. The molecule has 1 aromatic rings. The molecule has 0 saturated heterocycles. The lowest BCUT2D eigenvalue weighted by atomic mass is 9.85. The summed E-state index contributed by atoms with van der Waals surface area (Å²) in [5.74, 6) is 0.471. The van der Waals surface area contributed by atoms with Crippen molar-refractivity contribution in [3.63, 3.8) is 0 Å². The monoisotopic (exact) mass is 237 g/mol. The molecule has 0 aromatic heterocycles. The number of hydrogen-bond donors (Lipinski definition) is 2. The SMILES string of the molecule is COc1cc(NC(C)=O)c(O)c(C(C)(C)C)c1. The lowest BCUT2D eigenvalue weighted by molar-refractivity contribution is -0.114. The maximum atomic E-state index is 11.1. The molecule has 0 spiro atoms. The molecular formula is C13H19NO3. The zero-order chi connectivity index (χ0) is 13.2. The van der Waals surface area contributed by atoms with E-state index in [2.05, 4.69) is 5.32 Å². The first-order chi connectivity index (χ1) is 7.75. The second-order valence-corrected chi connectivity index (χ2v) is 5.00. The number of phenols is 1. The molecule has 17 heavy (non-hydrogen) atoms. The normalized spacial score (nSPS) is 11.1. The highest BCUT2D eigenvalue weighted by atomic mass is 16.5. The van der Waals surface area contributed by atoms with E-state index in [1.807, 2.05) is 20.8 Å². The number of rotatable bonds is 2. The van der Waals surface area contributed by atoms with Gasteiger partial charge in [0, 0.05) is 18.6 Å². The van der Waals surface area contributed by atoms with E-state index in [0.717, 1.165) is 5.56 Å². The number of hydrogen-bond acceptors (Lipinski definition) is 3. The van der Waals surface area contributed by atoms with E-state index in [1.54, 1.807) is 19.2 Å². The standard InChI is InChI=1S/C13H19NO3/c1-8(15)14-11-7-9(17-5)6-10(12(11)16)13(2,3)4/h6-7,16H,1-5H3,(H,14,15). The molecule has 2 N–H and O–H groups in total. The first-order valence-electron chi connectivity index (χ1n) is 5.44. The van der Waals surface area contributed by atoms with Gasteiger partial charge in [-0.15, -0.1) is 0 Å². The molecule has 1 amide bonds. The average molecular weight is 237 g/mol. The molecule has 0 fully saturated rings. The molecule has 0 radical (unpaired) electrons. The Morgan fingerprint density at radius 3 is 2.35 bits per heavy atom. The molecule has 1 aromatic carbocycles. The zero-order valence-electron chi connectivity index (χ0n) is 10.9. The van der Waals surface area contributed by atoms with E-state index < -0.39 is 0 Å². The molecule has 0 aliphatic rings. The third-order valence-corrected chi connectivity index (χ3v) is 2.44. The minimum atomic E-state index is -0.230. The van der Waals surface area contributed by atoms with Gasteiger partial charge in [-0.1, -0.05) is 20.8 Å². The van der Waals surface area contributed by atoms with E-state index in [4.69, 9.17) is 4.74 Å². The van der Waals surface area contributed by atoms with Gasteiger partial charge in [0.05, 0.1) is 12.8 Å². The second-order valence-electron chi connectivity index (χ2n) is 5.00. The van der Waals surface area contributed by atoms with Crippen molar-refractivity contribution in [1.82, 2.24) is 0 Å². The van der Waals surface area contributed by atoms with Crippen LogP contribution in [0.15, 0.2) is 12.1 Å². The summed E-state index contributed by atoms with van der Waals surface area (Å²) >= 11 is 0. The van der Waals surface area contributed by atoms with Crippen molar-refractivity contribution in [2.45, 2.75) is 33.1 Å². The molecule has 0 atom stereocenters. The number of phenolic OH excluding ortho intramolecular Hbond substituents is 1. The Labute approximate surface area is 102 Å². The minimum absolute atomic E-state index is 0.0912. The lowest BCUT2D eigenvalue weighted by Gasteiger charge is -2.23. The number of amides is 1. The molecule has 0 bridgehead atoms. The van der Waals surface area contributed by atoms with Crippen molar-refractivity contribution in [3.05, 3.63) is 17.7 Å². The summed E-state index contributed by atoms with van der Waals surface area (Å²) in [6.45, 7) is 7.35. The number of ether oxygens (including phenoxy) is 1. The third kappa shape index (κ3) is 3.12. The molecule has 0 aliphatic carbocycles. The fourth-order valence-electron chi connectivity index (χ4n) is 1.58. The fourth-order valence-corrected chi connectivity index (χ4v) is 1.58. The summed E-state index contributed by atoms with van der Waals surface area (Å²) in [5, 5.41) is 12.7. The molecule has 94 valence electrons. The van der Waals surface area contributed by atoms with Crippen molar-refractivity contribution in [1.29, 1.82) is 0 Å². The predicted molar refractivity (Wildman–Crippen MR) is 67.7 cm³/mol. The highest BCUT2D eigenvalue weighted by Gasteiger charge is 2.22. The molecule has 1 rings (SSSR count). The van der Waals surface area contributed by atoms with Crippen molar-refractivity contribution in [2.24, 2.45) is 0 Å². The number of benzene rings is 1. The Morgan fingerprint density at radius 1 is 1.35 bits per heavy atom. The van der Waals surface area contributed by atoms with Crippen molar-refractivity contribution in [3.8, 4) is 11.5 Å². The molecule has 0 unspecified atom stereocenters. The molecule has 0 aliphatic heterocycles. The van der Waals surface area contributed by atoms with Gasteiger partial charge in [0.2, 0.25) is 5.91 Å². The maximum absolute atomic E-state index is 11.1. The van der Waals surface area contributed by atoms with Crippen LogP contribution in [0.25, 0.3) is 0 Å². The summed E-state index contributed by atoms with van der Waals surface area (Å²) in [7, 11) is 1.55. The summed E-state index contributed by atoms with van der Waals surface area (Å²) in [6, 6.07) is 3.38. The van der Waals surface area contributed by atoms with Gasteiger partial charge in [-0.05, 0) is 11.5 Å². The van der Waals surface area contributed by atoms with Crippen molar-refractivity contribution < 1.29 is 14.6 Å². The number of carbonyl (C=O) groups is 1. The molecule has 0 saturated carbocycles. The topological polar surface area (TPSA) is 58.6 Å². The van der Waals surface area contributed by atoms with Gasteiger partial charge < -0.3 is 15.2 Å². The summed E-state index contributed by atoms with van der Waals surface area (Å²) in [5.41, 5.74) is 0.883.